The number of unbranched alkanes of at least 4 members (excludes halogenated alkanes) is 1. The van der Waals surface area contributed by atoms with Gasteiger partial charge in [-0.1, -0.05) is 68.3 Å². The van der Waals surface area contributed by atoms with Gasteiger partial charge in [0.15, 0.2) is 11.7 Å². The third-order valence-corrected chi connectivity index (χ3v) is 8.75. The van der Waals surface area contributed by atoms with Gasteiger partial charge in [-0.15, -0.1) is 5.10 Å². The number of ether oxygens (including phenoxy) is 2. The number of H-pyrrole nitrogens is 1. The highest BCUT2D eigenvalue weighted by Crippen LogP contribution is 2.39. The summed E-state index contributed by atoms with van der Waals surface area (Å²) in [7, 11) is 0. The molecule has 1 aliphatic heterocycles. The van der Waals surface area contributed by atoms with Gasteiger partial charge in [-0.2, -0.15) is 0 Å². The number of aromatic amines is 1. The molecule has 11 heteroatoms. The Bertz CT molecular complexity index is 1620. The smallest absolute Gasteiger partial charge is 0.320 e. The van der Waals surface area contributed by atoms with Crippen LogP contribution in [0.2, 0.25) is 0 Å². The molecule has 0 radical (unpaired) electrons. The van der Waals surface area contributed by atoms with Crippen molar-refractivity contribution < 1.29 is 19.1 Å². The molecule has 45 heavy (non-hydrogen) atoms. The summed E-state index contributed by atoms with van der Waals surface area (Å²) in [6.07, 6.45) is 6.23. The SMILES string of the molecule is CCCCC(C(C(=O)OCC)C(=O)OCC)C1CCC(C)n2cc(Cc3ccc(-c4ccccc4-c4nnn[nH]4)cc3)c(=O)n21. The van der Waals surface area contributed by atoms with E-state index in [0.717, 1.165) is 41.5 Å². The Morgan fingerprint density at radius 1 is 0.978 bits per heavy atom. The van der Waals surface area contributed by atoms with E-state index in [1.165, 1.54) is 0 Å². The minimum Gasteiger partial charge on any atom is -0.465 e. The van der Waals surface area contributed by atoms with Crippen LogP contribution >= 0.6 is 0 Å². The highest BCUT2D eigenvalue weighted by Gasteiger charge is 2.44. The Hall–Kier alpha value is -4.54. The Morgan fingerprint density at radius 2 is 1.67 bits per heavy atom. The number of nitrogens with one attached hydrogen (secondary N) is 1. The van der Waals surface area contributed by atoms with E-state index in [2.05, 4.69) is 34.5 Å². The van der Waals surface area contributed by atoms with E-state index in [0.29, 0.717) is 30.7 Å². The van der Waals surface area contributed by atoms with Crippen molar-refractivity contribution in [3.05, 3.63) is 76.2 Å². The van der Waals surface area contributed by atoms with Gasteiger partial charge < -0.3 is 9.47 Å². The minimum atomic E-state index is -1.09. The topological polar surface area (TPSA) is 134 Å². The van der Waals surface area contributed by atoms with E-state index in [1.54, 1.807) is 18.5 Å². The average Bonchev–Trinajstić information content (AvgIpc) is 3.70. The first-order chi connectivity index (χ1) is 21.9. The molecule has 11 nitrogen and oxygen atoms in total. The number of hydrogen-bond acceptors (Lipinski definition) is 8. The molecule has 238 valence electrons. The number of benzene rings is 2. The van der Waals surface area contributed by atoms with Gasteiger partial charge in [0.1, 0.15) is 0 Å². The number of aromatic nitrogens is 6. The molecule has 5 rings (SSSR count). The fourth-order valence-electron chi connectivity index (χ4n) is 6.54. The zero-order valence-corrected chi connectivity index (χ0v) is 26.4. The first-order valence-corrected chi connectivity index (χ1v) is 16.0. The van der Waals surface area contributed by atoms with Crippen LogP contribution in [0.4, 0.5) is 0 Å². The lowest BCUT2D eigenvalue weighted by Gasteiger charge is -2.38. The molecular formula is C34H42N6O5. The maximum Gasteiger partial charge on any atom is 0.320 e. The lowest BCUT2D eigenvalue weighted by Crippen LogP contribution is -2.44. The predicted octanol–water partition coefficient (Wildman–Crippen LogP) is 5.53. The van der Waals surface area contributed by atoms with Crippen LogP contribution in [0.1, 0.15) is 83.0 Å². The van der Waals surface area contributed by atoms with Gasteiger partial charge in [0, 0.05) is 35.7 Å². The van der Waals surface area contributed by atoms with E-state index in [4.69, 9.17) is 9.47 Å². The van der Waals surface area contributed by atoms with Crippen LogP contribution in [0.25, 0.3) is 22.5 Å². The summed E-state index contributed by atoms with van der Waals surface area (Å²) in [5, 5.41) is 14.3. The van der Waals surface area contributed by atoms with Gasteiger partial charge in [0.25, 0.3) is 5.56 Å². The highest BCUT2D eigenvalue weighted by molar-refractivity contribution is 5.95. The van der Waals surface area contributed by atoms with Crippen molar-refractivity contribution >= 4 is 11.9 Å². The fourth-order valence-corrected chi connectivity index (χ4v) is 6.54. The van der Waals surface area contributed by atoms with Gasteiger partial charge >= 0.3 is 11.9 Å². The quantitative estimate of drug-likeness (QED) is 0.153. The second-order valence-corrected chi connectivity index (χ2v) is 11.6. The number of carbonyl (C=O) groups excluding carboxylic acids is 2. The molecule has 3 atom stereocenters. The zero-order chi connectivity index (χ0) is 31.9. The molecule has 0 saturated heterocycles. The fraction of sp³-hybridized carbons (Fsp3) is 0.471. The van der Waals surface area contributed by atoms with E-state index < -0.39 is 23.8 Å². The number of carbonyl (C=O) groups is 2. The van der Waals surface area contributed by atoms with Crippen molar-refractivity contribution in [3.8, 4) is 22.5 Å². The summed E-state index contributed by atoms with van der Waals surface area (Å²) in [4.78, 5) is 40.5. The maximum atomic E-state index is 14.1. The average molecular weight is 615 g/mol. The van der Waals surface area contributed by atoms with Crippen LogP contribution < -0.4 is 5.56 Å². The van der Waals surface area contributed by atoms with Crippen LogP contribution in [0.3, 0.4) is 0 Å². The van der Waals surface area contributed by atoms with Gasteiger partial charge in [0.05, 0.1) is 19.3 Å². The lowest BCUT2D eigenvalue weighted by atomic mass is 9.79. The summed E-state index contributed by atoms with van der Waals surface area (Å²) >= 11 is 0. The molecule has 2 aromatic heterocycles. The molecule has 1 N–H and O–H groups in total. The molecule has 3 heterocycles. The lowest BCUT2D eigenvalue weighted by molar-refractivity contribution is -0.166. The summed E-state index contributed by atoms with van der Waals surface area (Å²) in [5.41, 5.74) is 4.49. The molecule has 1 aliphatic rings. The molecular weight excluding hydrogens is 572 g/mol. The van der Waals surface area contributed by atoms with Crippen molar-refractivity contribution in [2.24, 2.45) is 11.8 Å². The summed E-state index contributed by atoms with van der Waals surface area (Å²) in [6, 6.07) is 15.8. The Labute approximate surface area is 262 Å². The number of rotatable bonds is 13. The van der Waals surface area contributed by atoms with E-state index in [9.17, 15) is 14.4 Å². The normalized spacial score (nSPS) is 16.7. The number of hydrogen-bond donors (Lipinski definition) is 1. The van der Waals surface area contributed by atoms with Crippen molar-refractivity contribution in [3.63, 3.8) is 0 Å². The molecule has 3 unspecified atom stereocenters. The van der Waals surface area contributed by atoms with Crippen molar-refractivity contribution in [1.82, 2.24) is 30.0 Å². The van der Waals surface area contributed by atoms with Crippen molar-refractivity contribution in [2.45, 2.75) is 78.3 Å². The van der Waals surface area contributed by atoms with Gasteiger partial charge in [-0.3, -0.25) is 19.1 Å². The third-order valence-electron chi connectivity index (χ3n) is 8.75. The van der Waals surface area contributed by atoms with E-state index in [-0.39, 0.29) is 30.9 Å². The molecule has 4 aromatic rings. The number of tetrazole rings is 1. The first kappa shape index (κ1) is 31.9. The zero-order valence-electron chi connectivity index (χ0n) is 26.4. The second-order valence-electron chi connectivity index (χ2n) is 11.6. The molecule has 2 aromatic carbocycles. The summed E-state index contributed by atoms with van der Waals surface area (Å²) in [6.45, 7) is 7.96. The van der Waals surface area contributed by atoms with Gasteiger partial charge in [-0.05, 0) is 67.2 Å². The molecule has 0 bridgehead atoms. The monoisotopic (exact) mass is 614 g/mol. The Kier molecular flexibility index (Phi) is 10.3. The largest absolute Gasteiger partial charge is 0.465 e. The van der Waals surface area contributed by atoms with Crippen LogP contribution in [0, 0.1) is 11.8 Å². The summed E-state index contributed by atoms with van der Waals surface area (Å²) < 4.78 is 14.5. The third kappa shape index (κ3) is 6.77. The molecule has 0 aliphatic carbocycles. The molecule has 0 spiro atoms. The molecule has 0 fully saturated rings. The standard InChI is InChI=1S/C34H42N6O5/c1-5-8-11-28(30(33(42)44-6-2)34(43)45-7-3)29-19-14-22(4)39-21-25(32(41)40(29)39)20-23-15-17-24(18-16-23)26-12-9-10-13-27(26)31-35-37-38-36-31/h9-10,12-13,15-18,21-22,28-30H,5-8,11,14,19-20H2,1-4H3,(H,35,36,37,38). The Balaban J connectivity index is 1.46. The van der Waals surface area contributed by atoms with Crippen molar-refractivity contribution in [2.75, 3.05) is 13.2 Å². The minimum absolute atomic E-state index is 0.0910. The first-order valence-electron chi connectivity index (χ1n) is 16.0. The summed E-state index contributed by atoms with van der Waals surface area (Å²) in [5.74, 6) is -2.08. The molecule has 0 amide bonds. The van der Waals surface area contributed by atoms with Crippen LogP contribution in [0.5, 0.6) is 0 Å². The van der Waals surface area contributed by atoms with Crippen LogP contribution in [0.15, 0.2) is 59.5 Å². The maximum absolute atomic E-state index is 14.1. The second kappa shape index (κ2) is 14.5. The Morgan fingerprint density at radius 3 is 2.29 bits per heavy atom. The number of fused-ring (bicyclic) bond motifs is 1. The van der Waals surface area contributed by atoms with Crippen LogP contribution in [-0.4, -0.2) is 55.1 Å². The predicted molar refractivity (Wildman–Crippen MR) is 169 cm³/mol. The van der Waals surface area contributed by atoms with Crippen molar-refractivity contribution in [1.29, 1.82) is 0 Å². The van der Waals surface area contributed by atoms with Crippen LogP contribution in [-0.2, 0) is 25.5 Å². The highest BCUT2D eigenvalue weighted by atomic mass is 16.6. The molecule has 0 saturated carbocycles. The van der Waals surface area contributed by atoms with E-state index >= 15 is 0 Å². The van der Waals surface area contributed by atoms with Gasteiger partial charge in [-0.25, -0.2) is 9.78 Å². The number of nitrogens with zero attached hydrogens (tertiary/aromatic N) is 5. The van der Waals surface area contributed by atoms with E-state index in [1.807, 2.05) is 59.4 Å². The van der Waals surface area contributed by atoms with Gasteiger partial charge in [0.2, 0.25) is 0 Å². The number of esters is 2.